The van der Waals surface area contributed by atoms with Crippen LogP contribution in [0.1, 0.15) is 93.1 Å². The number of Topliss-reactive ketones (excluding diaryl/α,β-unsaturated/α-hetero) is 1. The summed E-state index contributed by atoms with van der Waals surface area (Å²) >= 11 is 0. The van der Waals surface area contributed by atoms with E-state index in [-0.39, 0.29) is 35.3 Å². The summed E-state index contributed by atoms with van der Waals surface area (Å²) < 4.78 is 11.4. The molecule has 0 aliphatic heterocycles. The van der Waals surface area contributed by atoms with Crippen LogP contribution in [-0.4, -0.2) is 36.7 Å². The second-order valence-electron chi connectivity index (χ2n) is 12.8. The molecule has 0 bridgehead atoms. The lowest BCUT2D eigenvalue weighted by atomic mass is 9.59. The molecule has 0 aromatic heterocycles. The second kappa shape index (κ2) is 14.0. The zero-order valence-electron chi connectivity index (χ0n) is 26.4. The Labute approximate surface area is 262 Å². The van der Waals surface area contributed by atoms with Crippen molar-refractivity contribution in [2.45, 2.75) is 83.2 Å². The number of aliphatic hydroxyl groups excluding tert-OH is 1. The molecule has 3 unspecified atom stereocenters. The summed E-state index contributed by atoms with van der Waals surface area (Å²) in [6, 6.07) is 15.4. The first-order valence-electron chi connectivity index (χ1n) is 16.1. The van der Waals surface area contributed by atoms with Crippen LogP contribution >= 0.6 is 0 Å². The number of hydrogen-bond acceptors (Lipinski definition) is 5. The molecule has 1 fully saturated rings. The summed E-state index contributed by atoms with van der Waals surface area (Å²) in [7, 11) is 1.77. The molecule has 0 spiro atoms. The molecule has 3 aliphatic carbocycles. The van der Waals surface area contributed by atoms with Crippen molar-refractivity contribution in [2.24, 2.45) is 11.3 Å². The summed E-state index contributed by atoms with van der Waals surface area (Å²) in [4.78, 5) is 25.0. The van der Waals surface area contributed by atoms with Crippen LogP contribution < -0.4 is 4.74 Å². The van der Waals surface area contributed by atoms with Gasteiger partial charge in [0.05, 0.1) is 11.7 Å². The first kappa shape index (κ1) is 31.9. The van der Waals surface area contributed by atoms with E-state index in [1.54, 1.807) is 14.0 Å². The molecule has 0 saturated heterocycles. The number of methoxy groups -OCH3 is 1. The molecule has 3 atom stereocenters. The second-order valence-corrected chi connectivity index (χ2v) is 12.8. The van der Waals surface area contributed by atoms with E-state index in [2.05, 4.69) is 37.3 Å². The molecule has 2 aromatic carbocycles. The molecule has 5 heteroatoms. The van der Waals surface area contributed by atoms with Crippen LogP contribution in [0.3, 0.4) is 0 Å². The van der Waals surface area contributed by atoms with Gasteiger partial charge in [0.2, 0.25) is 0 Å². The largest absolute Gasteiger partial charge is 0.423 e. The van der Waals surface area contributed by atoms with E-state index in [9.17, 15) is 14.7 Å². The Morgan fingerprint density at radius 3 is 2.14 bits per heavy atom. The fourth-order valence-corrected chi connectivity index (χ4v) is 7.40. The van der Waals surface area contributed by atoms with Gasteiger partial charge >= 0.3 is 5.97 Å². The number of ketones is 1. The topological polar surface area (TPSA) is 72.8 Å². The summed E-state index contributed by atoms with van der Waals surface area (Å²) in [5.41, 5.74) is 4.58. The summed E-state index contributed by atoms with van der Waals surface area (Å²) in [5, 5.41) is 9.57. The van der Waals surface area contributed by atoms with Crippen molar-refractivity contribution < 1.29 is 24.2 Å². The maximum absolute atomic E-state index is 13.2. The van der Waals surface area contributed by atoms with Crippen molar-refractivity contribution in [3.8, 4) is 5.75 Å². The van der Waals surface area contributed by atoms with Gasteiger partial charge in [-0.2, -0.15) is 0 Å². The van der Waals surface area contributed by atoms with E-state index in [1.165, 1.54) is 37.7 Å². The van der Waals surface area contributed by atoms with E-state index < -0.39 is 0 Å². The molecule has 5 rings (SSSR count). The van der Waals surface area contributed by atoms with E-state index in [1.807, 2.05) is 54.6 Å². The Morgan fingerprint density at radius 1 is 0.909 bits per heavy atom. The van der Waals surface area contributed by atoms with Crippen molar-refractivity contribution >= 4 is 11.8 Å². The van der Waals surface area contributed by atoms with E-state index in [0.29, 0.717) is 29.2 Å². The fraction of sp³-hybridized carbons (Fsp3) is 0.436. The van der Waals surface area contributed by atoms with Gasteiger partial charge in [-0.05, 0) is 80.2 Å². The Balaban J connectivity index is 1.27. The van der Waals surface area contributed by atoms with Gasteiger partial charge in [-0.1, -0.05) is 99.0 Å². The fourth-order valence-electron chi connectivity index (χ4n) is 7.40. The van der Waals surface area contributed by atoms with Gasteiger partial charge in [0.25, 0.3) is 0 Å². The van der Waals surface area contributed by atoms with E-state index in [0.717, 1.165) is 30.4 Å². The zero-order valence-corrected chi connectivity index (χ0v) is 26.4. The highest BCUT2D eigenvalue weighted by atomic mass is 16.5. The first-order valence-corrected chi connectivity index (χ1v) is 16.1. The number of esters is 1. The molecule has 0 radical (unpaired) electrons. The summed E-state index contributed by atoms with van der Waals surface area (Å²) in [6.45, 7) is 3.81. The number of carbonyl (C=O) groups excluding carboxylic acids is 2. The van der Waals surface area contributed by atoms with E-state index >= 15 is 0 Å². The summed E-state index contributed by atoms with van der Waals surface area (Å²) in [5.74, 6) is 0.550. The Hall–Kier alpha value is -3.54. The van der Waals surface area contributed by atoms with Crippen molar-refractivity contribution in [2.75, 3.05) is 13.7 Å². The number of allylic oxidation sites excluding steroid dienone is 4. The minimum atomic E-state index is -0.368. The SMILES string of the molecule is COC1C=CC(C2(C3C=CC(C(=O)Oc4ccc(C(C)(CCCO)c5ccc(C(C)=O)cc5)cc4)=CC3)CCCCC2)=CC1. The van der Waals surface area contributed by atoms with Gasteiger partial charge in [0.15, 0.2) is 5.78 Å². The number of hydrogen-bond donors (Lipinski definition) is 1. The molecule has 232 valence electrons. The molecule has 3 aliphatic rings. The van der Waals surface area contributed by atoms with Gasteiger partial charge in [-0.3, -0.25) is 4.79 Å². The van der Waals surface area contributed by atoms with Gasteiger partial charge in [-0.15, -0.1) is 0 Å². The van der Waals surface area contributed by atoms with Gasteiger partial charge in [-0.25, -0.2) is 4.79 Å². The van der Waals surface area contributed by atoms with Gasteiger partial charge in [0.1, 0.15) is 5.75 Å². The van der Waals surface area contributed by atoms with Crippen molar-refractivity contribution in [3.63, 3.8) is 0 Å². The van der Waals surface area contributed by atoms with Crippen molar-refractivity contribution in [3.05, 3.63) is 113 Å². The van der Waals surface area contributed by atoms with Crippen LogP contribution in [0.5, 0.6) is 5.75 Å². The van der Waals surface area contributed by atoms with Crippen molar-refractivity contribution in [1.82, 2.24) is 0 Å². The number of benzene rings is 2. The highest BCUT2D eigenvalue weighted by Gasteiger charge is 2.41. The molecule has 2 aromatic rings. The number of rotatable bonds is 11. The molecule has 44 heavy (non-hydrogen) atoms. The molecule has 1 N–H and O–H groups in total. The predicted octanol–water partition coefficient (Wildman–Crippen LogP) is 8.23. The predicted molar refractivity (Wildman–Crippen MR) is 175 cm³/mol. The molecular weight excluding hydrogens is 548 g/mol. The van der Waals surface area contributed by atoms with Crippen LogP contribution in [0.15, 0.2) is 96.1 Å². The first-order chi connectivity index (χ1) is 21.3. The van der Waals surface area contributed by atoms with Gasteiger partial charge in [0, 0.05) is 30.1 Å². The highest BCUT2D eigenvalue weighted by molar-refractivity contribution is 5.94. The lowest BCUT2D eigenvalue weighted by Gasteiger charge is -2.45. The van der Waals surface area contributed by atoms with Crippen LogP contribution in [0.25, 0.3) is 0 Å². The molecule has 5 nitrogen and oxygen atoms in total. The Morgan fingerprint density at radius 2 is 1.59 bits per heavy atom. The highest BCUT2D eigenvalue weighted by Crippen LogP contribution is 2.52. The quantitative estimate of drug-likeness (QED) is 0.161. The van der Waals surface area contributed by atoms with Crippen LogP contribution in [0.4, 0.5) is 0 Å². The standard InChI is InChI=1S/C39H46O5/c1-28(41)29-8-12-31(13-9-29)38(2,24-7-27-40)32-16-22-36(23-17-32)44-37(42)30-10-14-33(15-11-30)39(25-5-4-6-26-39)34-18-20-35(43-3)21-19-34/h8-14,16-20,22-23,33,35,40H,4-7,15,21,24-27H2,1-3H3. The average molecular weight is 595 g/mol. The van der Waals surface area contributed by atoms with Gasteiger partial charge < -0.3 is 14.6 Å². The third-order valence-corrected chi connectivity index (χ3v) is 10.2. The van der Waals surface area contributed by atoms with Crippen molar-refractivity contribution in [1.29, 1.82) is 0 Å². The minimum Gasteiger partial charge on any atom is -0.423 e. The number of aliphatic hydroxyl groups is 1. The molecule has 0 amide bonds. The number of carbonyl (C=O) groups is 2. The monoisotopic (exact) mass is 594 g/mol. The molecule has 1 saturated carbocycles. The third kappa shape index (κ3) is 6.74. The zero-order chi connectivity index (χ0) is 31.2. The lowest BCUT2D eigenvalue weighted by molar-refractivity contribution is -0.129. The molecule has 0 heterocycles. The Kier molecular flexibility index (Phi) is 10.2. The normalized spacial score (nSPS) is 22.5. The maximum Gasteiger partial charge on any atom is 0.343 e. The third-order valence-electron chi connectivity index (χ3n) is 10.2. The lowest BCUT2D eigenvalue weighted by Crippen LogP contribution is -2.35. The maximum atomic E-state index is 13.2. The molecular formula is C39H46O5. The van der Waals surface area contributed by atoms with Crippen LogP contribution in [0, 0.1) is 11.3 Å². The summed E-state index contributed by atoms with van der Waals surface area (Å²) in [6.07, 6.45) is 22.5. The minimum absolute atomic E-state index is 0.0334. The van der Waals surface area contributed by atoms with E-state index in [4.69, 9.17) is 9.47 Å². The number of ether oxygens (including phenoxy) is 2. The Bertz CT molecular complexity index is 1440. The van der Waals surface area contributed by atoms with Crippen LogP contribution in [0.2, 0.25) is 0 Å². The average Bonchev–Trinajstić information content (AvgIpc) is 3.08. The van der Waals surface area contributed by atoms with Crippen LogP contribution in [-0.2, 0) is 14.9 Å². The smallest absolute Gasteiger partial charge is 0.343 e.